The summed E-state index contributed by atoms with van der Waals surface area (Å²) in [5, 5.41) is 18.9. The number of aliphatic hydroxyl groups is 2. The first-order chi connectivity index (χ1) is 14.9. The van der Waals surface area contributed by atoms with Crippen LogP contribution in [0, 0.1) is 22.7 Å². The minimum Gasteiger partial charge on any atom is -0.465 e. The second kappa shape index (κ2) is 9.61. The number of carbonyl (C=O) groups excluding carboxylic acids is 2. The van der Waals surface area contributed by atoms with Gasteiger partial charge in [0.25, 0.3) is 0 Å². The summed E-state index contributed by atoms with van der Waals surface area (Å²) in [6.07, 6.45) is 9.48. The highest BCUT2D eigenvalue weighted by Crippen LogP contribution is 2.66. The Labute approximate surface area is 193 Å². The van der Waals surface area contributed by atoms with Gasteiger partial charge in [-0.25, -0.2) is 0 Å². The zero-order chi connectivity index (χ0) is 23.6. The van der Waals surface area contributed by atoms with E-state index in [-0.39, 0.29) is 18.5 Å². The van der Waals surface area contributed by atoms with Gasteiger partial charge in [-0.2, -0.15) is 0 Å². The second-order valence-corrected chi connectivity index (χ2v) is 12.3. The number of esters is 2. The van der Waals surface area contributed by atoms with Crippen LogP contribution >= 0.6 is 0 Å². The van der Waals surface area contributed by atoms with Gasteiger partial charge < -0.3 is 19.7 Å². The van der Waals surface area contributed by atoms with Crippen LogP contribution in [0.1, 0.15) is 105 Å². The van der Waals surface area contributed by atoms with E-state index >= 15 is 0 Å². The lowest BCUT2D eigenvalue weighted by Gasteiger charge is -2.59. The molecule has 4 aliphatic carbocycles. The highest BCUT2D eigenvalue weighted by Gasteiger charge is 2.64. The summed E-state index contributed by atoms with van der Waals surface area (Å²) < 4.78 is 11.8. The van der Waals surface area contributed by atoms with Gasteiger partial charge in [0.1, 0.15) is 5.60 Å². The number of unbranched alkanes of at least 4 members (excludes halogenated alkanes) is 2. The summed E-state index contributed by atoms with van der Waals surface area (Å²) >= 11 is 0. The molecule has 6 nitrogen and oxygen atoms in total. The van der Waals surface area contributed by atoms with Gasteiger partial charge in [0.2, 0.25) is 0 Å². The summed E-state index contributed by atoms with van der Waals surface area (Å²) in [5.41, 5.74) is -2.36. The van der Waals surface area contributed by atoms with Crippen molar-refractivity contribution in [3.63, 3.8) is 0 Å². The zero-order valence-electron chi connectivity index (χ0n) is 20.6. The Morgan fingerprint density at radius 3 is 2.00 bits per heavy atom. The van der Waals surface area contributed by atoms with Gasteiger partial charge in [-0.1, -0.05) is 0 Å². The van der Waals surface area contributed by atoms with Gasteiger partial charge in [-0.3, -0.25) is 9.59 Å². The monoisotopic (exact) mass is 452 g/mol. The molecule has 0 aromatic heterocycles. The molecular formula is C26H44O6. The highest BCUT2D eigenvalue weighted by molar-refractivity contribution is 5.83. The predicted molar refractivity (Wildman–Crippen MR) is 122 cm³/mol. The number of rotatable bonds is 12. The normalized spacial score (nSPS) is 31.6. The van der Waals surface area contributed by atoms with Crippen LogP contribution in [0.5, 0.6) is 0 Å². The van der Waals surface area contributed by atoms with Crippen molar-refractivity contribution in [2.45, 2.75) is 116 Å². The molecular weight excluding hydrogens is 408 g/mol. The minimum atomic E-state index is -0.692. The third-order valence-corrected chi connectivity index (χ3v) is 7.90. The Morgan fingerprint density at radius 2 is 1.44 bits per heavy atom. The van der Waals surface area contributed by atoms with E-state index in [4.69, 9.17) is 14.6 Å². The summed E-state index contributed by atoms with van der Waals surface area (Å²) in [4.78, 5) is 26.7. The Morgan fingerprint density at radius 1 is 0.875 bits per heavy atom. The molecule has 4 fully saturated rings. The fourth-order valence-electron chi connectivity index (χ4n) is 6.79. The van der Waals surface area contributed by atoms with E-state index in [2.05, 4.69) is 0 Å². The molecule has 4 rings (SSSR count). The molecule has 2 atom stereocenters. The molecule has 0 aromatic rings. The first kappa shape index (κ1) is 25.5. The summed E-state index contributed by atoms with van der Waals surface area (Å²) in [6.45, 7) is 8.00. The molecule has 4 saturated carbocycles. The Hall–Kier alpha value is -1.14. The maximum atomic E-state index is 13.5. The molecule has 0 amide bonds. The molecule has 0 saturated heterocycles. The van der Waals surface area contributed by atoms with Gasteiger partial charge in [0.05, 0.1) is 23.0 Å². The highest BCUT2D eigenvalue weighted by atomic mass is 16.6. The Kier molecular flexibility index (Phi) is 7.66. The quantitative estimate of drug-likeness (QED) is 0.333. The third-order valence-electron chi connectivity index (χ3n) is 7.90. The molecule has 2 unspecified atom stereocenters. The van der Waals surface area contributed by atoms with Crippen molar-refractivity contribution in [1.29, 1.82) is 0 Å². The standard InChI is InChI=1S/C26H44O6/c1-23(2,30)9-6-8-12-31-21(28)25-14-19-13-20(15-25)17-26(16-19,18-25)22(29)32-24(3,4)10-5-7-11-27/h19-20,27,30H,5-18H2,1-4H3. The molecule has 4 aliphatic rings. The molecule has 0 aliphatic heterocycles. The van der Waals surface area contributed by atoms with Crippen LogP contribution in [-0.4, -0.2) is 46.6 Å². The van der Waals surface area contributed by atoms with Crippen LogP contribution in [0.2, 0.25) is 0 Å². The minimum absolute atomic E-state index is 0.130. The van der Waals surface area contributed by atoms with Gasteiger partial charge in [0, 0.05) is 6.61 Å². The number of hydrogen-bond donors (Lipinski definition) is 2. The molecule has 184 valence electrons. The lowest BCUT2D eigenvalue weighted by molar-refractivity contribution is -0.201. The van der Waals surface area contributed by atoms with Crippen LogP contribution in [0.4, 0.5) is 0 Å². The van der Waals surface area contributed by atoms with E-state index in [1.807, 2.05) is 13.8 Å². The SMILES string of the molecule is CC(C)(O)CCCCOC(=O)C12CC3CC(C1)CC(C(=O)OC(C)(C)CCCCO)(C3)C2. The zero-order valence-corrected chi connectivity index (χ0v) is 20.6. The van der Waals surface area contributed by atoms with Crippen molar-refractivity contribution in [2.75, 3.05) is 13.2 Å². The number of ether oxygens (including phenoxy) is 2. The molecule has 0 radical (unpaired) electrons. The lowest BCUT2D eigenvalue weighted by atomic mass is 9.44. The molecule has 0 heterocycles. The topological polar surface area (TPSA) is 93.1 Å². The smallest absolute Gasteiger partial charge is 0.312 e. The van der Waals surface area contributed by atoms with E-state index in [1.165, 1.54) is 0 Å². The third kappa shape index (κ3) is 6.05. The molecule has 2 N–H and O–H groups in total. The fourth-order valence-corrected chi connectivity index (χ4v) is 6.79. The summed E-state index contributed by atoms with van der Waals surface area (Å²) in [7, 11) is 0. The lowest BCUT2D eigenvalue weighted by Crippen LogP contribution is -2.58. The van der Waals surface area contributed by atoms with Gasteiger partial charge in [-0.15, -0.1) is 0 Å². The van der Waals surface area contributed by atoms with E-state index in [1.54, 1.807) is 13.8 Å². The van der Waals surface area contributed by atoms with E-state index in [0.29, 0.717) is 37.7 Å². The molecule has 0 aromatic carbocycles. The van der Waals surface area contributed by atoms with Crippen molar-refractivity contribution < 1.29 is 29.3 Å². The molecule has 6 heteroatoms. The second-order valence-electron chi connectivity index (χ2n) is 12.3. The maximum absolute atomic E-state index is 13.5. The van der Waals surface area contributed by atoms with Crippen molar-refractivity contribution >= 4 is 11.9 Å². The first-order valence-corrected chi connectivity index (χ1v) is 12.6. The Bertz CT molecular complexity index is 662. The van der Waals surface area contributed by atoms with Gasteiger partial charge in [-0.05, 0) is 117 Å². The van der Waals surface area contributed by atoms with Crippen LogP contribution in [0.15, 0.2) is 0 Å². The summed E-state index contributed by atoms with van der Waals surface area (Å²) in [6, 6.07) is 0. The summed E-state index contributed by atoms with van der Waals surface area (Å²) in [5.74, 6) is 0.519. The molecule has 32 heavy (non-hydrogen) atoms. The van der Waals surface area contributed by atoms with Crippen LogP contribution < -0.4 is 0 Å². The van der Waals surface area contributed by atoms with E-state index < -0.39 is 22.0 Å². The van der Waals surface area contributed by atoms with Crippen molar-refractivity contribution in [1.82, 2.24) is 0 Å². The fraction of sp³-hybridized carbons (Fsp3) is 0.923. The van der Waals surface area contributed by atoms with Crippen molar-refractivity contribution in [2.24, 2.45) is 22.7 Å². The van der Waals surface area contributed by atoms with Crippen molar-refractivity contribution in [3.8, 4) is 0 Å². The Balaban J connectivity index is 1.61. The molecule has 0 spiro atoms. The van der Waals surface area contributed by atoms with Gasteiger partial charge >= 0.3 is 11.9 Å². The average Bonchev–Trinajstić information content (AvgIpc) is 2.65. The van der Waals surface area contributed by atoms with Crippen molar-refractivity contribution in [3.05, 3.63) is 0 Å². The largest absolute Gasteiger partial charge is 0.465 e. The van der Waals surface area contributed by atoms with E-state index in [9.17, 15) is 14.7 Å². The van der Waals surface area contributed by atoms with Crippen LogP contribution in [0.3, 0.4) is 0 Å². The number of hydrogen-bond acceptors (Lipinski definition) is 6. The van der Waals surface area contributed by atoms with Crippen LogP contribution in [-0.2, 0) is 19.1 Å². The van der Waals surface area contributed by atoms with E-state index in [0.717, 1.165) is 57.8 Å². The maximum Gasteiger partial charge on any atom is 0.312 e. The molecule has 4 bridgehead atoms. The number of aliphatic hydroxyl groups excluding tert-OH is 1. The predicted octanol–water partition coefficient (Wildman–Crippen LogP) is 4.54. The van der Waals surface area contributed by atoms with Crippen LogP contribution in [0.25, 0.3) is 0 Å². The number of carbonyl (C=O) groups is 2. The first-order valence-electron chi connectivity index (χ1n) is 12.6. The average molecular weight is 453 g/mol. The van der Waals surface area contributed by atoms with Gasteiger partial charge in [0.15, 0.2) is 0 Å².